The zero-order valence-electron chi connectivity index (χ0n) is 12.6. The third-order valence-electron chi connectivity index (χ3n) is 3.10. The van der Waals surface area contributed by atoms with Gasteiger partial charge in [0.1, 0.15) is 0 Å². The van der Waals surface area contributed by atoms with Gasteiger partial charge >= 0.3 is 6.01 Å². The van der Waals surface area contributed by atoms with Crippen LogP contribution in [0.25, 0.3) is 0 Å². The summed E-state index contributed by atoms with van der Waals surface area (Å²) in [6.07, 6.45) is 2.26. The molecule has 0 bridgehead atoms. The number of hydrogen-bond donors (Lipinski definition) is 0. The van der Waals surface area contributed by atoms with Crippen LogP contribution in [0.3, 0.4) is 0 Å². The van der Waals surface area contributed by atoms with E-state index in [1.54, 1.807) is 12.1 Å². The van der Waals surface area contributed by atoms with Crippen LogP contribution in [-0.4, -0.2) is 28.6 Å². The van der Waals surface area contributed by atoms with Gasteiger partial charge in [0.2, 0.25) is 0 Å². The molecule has 2 rings (SSSR count). The highest BCUT2D eigenvalue weighted by molar-refractivity contribution is 9.10. The highest BCUT2D eigenvalue weighted by Gasteiger charge is 2.14. The van der Waals surface area contributed by atoms with Gasteiger partial charge in [-0.3, -0.25) is 4.79 Å². The molecule has 0 radical (unpaired) electrons. The van der Waals surface area contributed by atoms with Gasteiger partial charge < -0.3 is 9.47 Å². The van der Waals surface area contributed by atoms with Crippen molar-refractivity contribution in [1.29, 1.82) is 0 Å². The Bertz CT molecular complexity index is 692. The van der Waals surface area contributed by atoms with Crippen LogP contribution in [0, 0.1) is 0 Å². The van der Waals surface area contributed by atoms with E-state index in [-0.39, 0.29) is 6.01 Å². The number of methoxy groups -OCH3 is 1. The minimum atomic E-state index is 0.151. The van der Waals surface area contributed by atoms with E-state index >= 15 is 0 Å². The molecule has 0 atom stereocenters. The summed E-state index contributed by atoms with van der Waals surface area (Å²) in [6, 6.07) is 3.38. The third kappa shape index (κ3) is 3.41. The molecule has 0 amide bonds. The number of nitrogens with zero attached hydrogens (tertiary/aromatic N) is 3. The van der Waals surface area contributed by atoms with Gasteiger partial charge in [0.15, 0.2) is 17.8 Å². The molecule has 1 heterocycles. The second-order valence-corrected chi connectivity index (χ2v) is 5.29. The first kappa shape index (κ1) is 16.4. The average Bonchev–Trinajstić information content (AvgIpc) is 2.55. The molecule has 22 heavy (non-hydrogen) atoms. The number of carbonyl (C=O) groups excluding carboxylic acids is 1. The summed E-state index contributed by atoms with van der Waals surface area (Å²) in [5.74, 6) is 0.833. The lowest BCUT2D eigenvalue weighted by Crippen LogP contribution is -2.05. The molecule has 1 aromatic heterocycles. The first-order valence-electron chi connectivity index (χ1n) is 6.85. The van der Waals surface area contributed by atoms with E-state index in [0.717, 1.165) is 30.5 Å². The number of aldehydes is 1. The van der Waals surface area contributed by atoms with Crippen molar-refractivity contribution < 1.29 is 14.3 Å². The van der Waals surface area contributed by atoms with Crippen molar-refractivity contribution in [1.82, 2.24) is 15.2 Å². The van der Waals surface area contributed by atoms with Crippen LogP contribution in [0.2, 0.25) is 0 Å². The zero-order chi connectivity index (χ0) is 16.1. The van der Waals surface area contributed by atoms with Crippen molar-refractivity contribution in [3.8, 4) is 17.5 Å². The lowest BCUT2D eigenvalue weighted by Gasteiger charge is -2.11. The normalized spacial score (nSPS) is 10.4. The second-order valence-electron chi connectivity index (χ2n) is 4.44. The maximum atomic E-state index is 11.0. The zero-order valence-corrected chi connectivity index (χ0v) is 14.2. The van der Waals surface area contributed by atoms with E-state index in [2.05, 4.69) is 31.1 Å². The van der Waals surface area contributed by atoms with Crippen LogP contribution in [0.4, 0.5) is 0 Å². The summed E-state index contributed by atoms with van der Waals surface area (Å²) in [4.78, 5) is 15.3. The van der Waals surface area contributed by atoms with Crippen molar-refractivity contribution in [2.24, 2.45) is 0 Å². The first-order valence-corrected chi connectivity index (χ1v) is 7.65. The van der Waals surface area contributed by atoms with Gasteiger partial charge in [-0.2, -0.15) is 4.98 Å². The van der Waals surface area contributed by atoms with Gasteiger partial charge in [-0.25, -0.2) is 0 Å². The Morgan fingerprint density at radius 1 is 1.14 bits per heavy atom. The lowest BCUT2D eigenvalue weighted by atomic mass is 10.2. The van der Waals surface area contributed by atoms with Crippen LogP contribution >= 0.6 is 15.9 Å². The third-order valence-corrected chi connectivity index (χ3v) is 3.79. The number of aromatic nitrogens is 3. The smallest absolute Gasteiger partial charge is 0.341 e. The van der Waals surface area contributed by atoms with Crippen LogP contribution in [0.5, 0.6) is 17.5 Å². The van der Waals surface area contributed by atoms with Gasteiger partial charge in [0, 0.05) is 10.0 Å². The fourth-order valence-corrected chi connectivity index (χ4v) is 2.36. The maximum Gasteiger partial charge on any atom is 0.341 e. The summed E-state index contributed by atoms with van der Waals surface area (Å²) in [6.45, 7) is 4.01. The van der Waals surface area contributed by atoms with Gasteiger partial charge in [0.25, 0.3) is 0 Å². The van der Waals surface area contributed by atoms with Crippen LogP contribution in [-0.2, 0) is 12.8 Å². The predicted octanol–water partition coefficient (Wildman–Crippen LogP) is 3.37. The van der Waals surface area contributed by atoms with Crippen molar-refractivity contribution in [3.05, 3.63) is 33.6 Å². The fourth-order valence-electron chi connectivity index (χ4n) is 1.94. The van der Waals surface area contributed by atoms with E-state index in [1.165, 1.54) is 7.11 Å². The van der Waals surface area contributed by atoms with Gasteiger partial charge in [-0.15, -0.1) is 5.10 Å². The molecule has 7 heteroatoms. The number of carbonyl (C=O) groups is 1. The monoisotopic (exact) mass is 365 g/mol. The van der Waals surface area contributed by atoms with E-state index in [4.69, 9.17) is 9.47 Å². The number of rotatable bonds is 6. The standard InChI is InChI=1S/C15H16BrN3O3/c1-4-11-12(5-2)18-19-15(17-11)22-14-7-10(16)9(8-20)6-13(14)21-3/h6-8H,4-5H2,1-3H3. The van der Waals surface area contributed by atoms with E-state index < -0.39 is 0 Å². The molecular weight excluding hydrogens is 350 g/mol. The summed E-state index contributed by atoms with van der Waals surface area (Å²) >= 11 is 3.31. The van der Waals surface area contributed by atoms with E-state index in [1.807, 2.05) is 13.8 Å². The Morgan fingerprint density at radius 3 is 2.45 bits per heavy atom. The Balaban J connectivity index is 2.38. The maximum absolute atomic E-state index is 11.0. The summed E-state index contributed by atoms with van der Waals surface area (Å²) < 4.78 is 11.5. The molecule has 0 unspecified atom stereocenters. The minimum Gasteiger partial charge on any atom is -0.493 e. The molecule has 116 valence electrons. The second kappa shape index (κ2) is 7.31. The van der Waals surface area contributed by atoms with Crippen LogP contribution < -0.4 is 9.47 Å². The summed E-state index contributed by atoms with van der Waals surface area (Å²) in [7, 11) is 1.50. The quantitative estimate of drug-likeness (QED) is 0.730. The van der Waals surface area contributed by atoms with Gasteiger partial charge in [-0.1, -0.05) is 18.9 Å². The van der Waals surface area contributed by atoms with Crippen LogP contribution in [0.15, 0.2) is 16.6 Å². The summed E-state index contributed by atoms with van der Waals surface area (Å²) in [5.41, 5.74) is 2.19. The molecule has 6 nitrogen and oxygen atoms in total. The Morgan fingerprint density at radius 2 is 1.86 bits per heavy atom. The largest absolute Gasteiger partial charge is 0.493 e. The molecule has 0 saturated heterocycles. The number of benzene rings is 1. The SMILES string of the molecule is CCc1nnc(Oc2cc(Br)c(C=O)cc2OC)nc1CC. The average molecular weight is 366 g/mol. The van der Waals surface area contributed by atoms with Gasteiger partial charge in [-0.05, 0) is 40.9 Å². The van der Waals surface area contributed by atoms with Crippen molar-refractivity contribution in [2.75, 3.05) is 7.11 Å². The molecule has 0 aliphatic heterocycles. The fraction of sp³-hybridized carbons (Fsp3) is 0.333. The highest BCUT2D eigenvalue weighted by Crippen LogP contribution is 2.35. The highest BCUT2D eigenvalue weighted by atomic mass is 79.9. The molecule has 0 N–H and O–H groups in total. The number of hydrogen-bond acceptors (Lipinski definition) is 6. The van der Waals surface area contributed by atoms with E-state index in [0.29, 0.717) is 21.5 Å². The number of ether oxygens (including phenoxy) is 2. The first-order chi connectivity index (χ1) is 10.6. The number of aryl methyl sites for hydroxylation is 2. The van der Waals surface area contributed by atoms with Crippen molar-refractivity contribution in [3.63, 3.8) is 0 Å². The molecule has 0 saturated carbocycles. The predicted molar refractivity (Wildman–Crippen MR) is 84.7 cm³/mol. The Kier molecular flexibility index (Phi) is 5.43. The Labute approximate surface area is 137 Å². The molecule has 0 fully saturated rings. The van der Waals surface area contributed by atoms with Gasteiger partial charge in [0.05, 0.1) is 18.5 Å². The van der Waals surface area contributed by atoms with Crippen LogP contribution in [0.1, 0.15) is 35.6 Å². The molecule has 1 aromatic carbocycles. The van der Waals surface area contributed by atoms with Crippen molar-refractivity contribution in [2.45, 2.75) is 26.7 Å². The summed E-state index contributed by atoms with van der Waals surface area (Å²) in [5, 5.41) is 8.11. The molecule has 0 aliphatic rings. The number of halogens is 1. The molecular formula is C15H16BrN3O3. The minimum absolute atomic E-state index is 0.151. The molecule has 2 aromatic rings. The van der Waals surface area contributed by atoms with Crippen molar-refractivity contribution >= 4 is 22.2 Å². The lowest BCUT2D eigenvalue weighted by molar-refractivity contribution is 0.112. The molecule has 0 aliphatic carbocycles. The Hall–Kier alpha value is -2.02. The molecule has 0 spiro atoms. The topological polar surface area (TPSA) is 74.2 Å². The van der Waals surface area contributed by atoms with E-state index in [9.17, 15) is 4.79 Å².